The lowest BCUT2D eigenvalue weighted by molar-refractivity contribution is -0.385. The first-order valence-corrected chi connectivity index (χ1v) is 7.57. The van der Waals surface area contributed by atoms with Crippen LogP contribution in [0, 0.1) is 28.4 Å². The Morgan fingerprint density at radius 2 is 2.15 bits per heavy atom. The summed E-state index contributed by atoms with van der Waals surface area (Å²) in [6.07, 6.45) is 0.910. The molecule has 0 spiro atoms. The molecule has 0 fully saturated rings. The van der Waals surface area contributed by atoms with E-state index in [1.165, 1.54) is 13.2 Å². The lowest BCUT2D eigenvalue weighted by Gasteiger charge is -2.13. The Hall–Kier alpha value is -3.38. The van der Waals surface area contributed by atoms with Gasteiger partial charge in [0.05, 0.1) is 23.9 Å². The Kier molecular flexibility index (Phi) is 5.59. The first-order chi connectivity index (χ1) is 12.3. The summed E-state index contributed by atoms with van der Waals surface area (Å²) in [7, 11) is 1.40. The number of amides is 1. The van der Waals surface area contributed by atoms with E-state index in [0.29, 0.717) is 22.0 Å². The van der Waals surface area contributed by atoms with Crippen molar-refractivity contribution in [3.8, 4) is 11.8 Å². The average Bonchev–Trinajstić information content (AvgIpc) is 2.59. The van der Waals surface area contributed by atoms with Crippen LogP contribution in [-0.2, 0) is 11.3 Å². The molecule has 0 aliphatic carbocycles. The number of nitro groups is 1. The fourth-order valence-corrected chi connectivity index (χ4v) is 2.35. The van der Waals surface area contributed by atoms with E-state index in [-0.39, 0.29) is 0 Å². The number of carbonyl (C=O) groups excluding carboxylic acids is 1. The van der Waals surface area contributed by atoms with Gasteiger partial charge in [-0.3, -0.25) is 24.3 Å². The quantitative estimate of drug-likeness (QED) is 0.629. The molecule has 1 aromatic heterocycles. The lowest BCUT2D eigenvalue weighted by Crippen LogP contribution is -2.29. The minimum atomic E-state index is -0.799. The molecule has 0 radical (unpaired) electrons. The van der Waals surface area contributed by atoms with Gasteiger partial charge in [0.25, 0.3) is 11.2 Å². The summed E-state index contributed by atoms with van der Waals surface area (Å²) >= 11 is 6.00. The summed E-state index contributed by atoms with van der Waals surface area (Å²) in [6, 6.07) is 5.57. The van der Waals surface area contributed by atoms with E-state index in [1.807, 2.05) is 0 Å². The molecule has 0 saturated heterocycles. The molecule has 1 N–H and O–H groups in total. The van der Waals surface area contributed by atoms with Gasteiger partial charge in [0.2, 0.25) is 5.91 Å². The molecular formula is C16H13ClN4O5. The van der Waals surface area contributed by atoms with Crippen molar-refractivity contribution in [2.75, 3.05) is 12.4 Å². The van der Waals surface area contributed by atoms with Crippen molar-refractivity contribution >= 4 is 28.9 Å². The van der Waals surface area contributed by atoms with E-state index in [4.69, 9.17) is 21.6 Å². The van der Waals surface area contributed by atoms with E-state index in [1.54, 1.807) is 19.1 Å². The Morgan fingerprint density at radius 3 is 2.73 bits per heavy atom. The van der Waals surface area contributed by atoms with E-state index in [0.717, 1.165) is 16.8 Å². The molecule has 10 heteroatoms. The Balaban J connectivity index is 2.33. The first kappa shape index (κ1) is 19.0. The van der Waals surface area contributed by atoms with Gasteiger partial charge < -0.3 is 10.1 Å². The molecule has 1 aromatic carbocycles. The predicted molar refractivity (Wildman–Crippen MR) is 93.4 cm³/mol. The number of methoxy groups -OCH3 is 1. The molecular weight excluding hydrogens is 364 g/mol. The third-order valence-electron chi connectivity index (χ3n) is 3.47. The van der Waals surface area contributed by atoms with Crippen LogP contribution < -0.4 is 15.6 Å². The number of aryl methyl sites for hydroxylation is 1. The van der Waals surface area contributed by atoms with Crippen LogP contribution in [0.4, 0.5) is 11.4 Å². The standard InChI is InChI=1S/C16H13ClN4O5/c1-9-3-13(14(26-2)5-12(9)17)19-15(22)8-20-7-11(21(24)25)4-10(6-18)16(20)23/h3-5,7H,8H2,1-2H3,(H,19,22). The highest BCUT2D eigenvalue weighted by molar-refractivity contribution is 6.31. The number of anilines is 1. The van der Waals surface area contributed by atoms with E-state index < -0.39 is 34.2 Å². The molecule has 134 valence electrons. The van der Waals surface area contributed by atoms with Crippen LogP contribution in [0.3, 0.4) is 0 Å². The fraction of sp³-hybridized carbons (Fsp3) is 0.188. The van der Waals surface area contributed by atoms with E-state index in [2.05, 4.69) is 5.32 Å². The normalized spacial score (nSPS) is 10.1. The summed E-state index contributed by atoms with van der Waals surface area (Å²) in [4.78, 5) is 34.5. The van der Waals surface area contributed by atoms with Gasteiger partial charge in [-0.25, -0.2) is 0 Å². The van der Waals surface area contributed by atoms with Crippen molar-refractivity contribution in [1.29, 1.82) is 5.26 Å². The van der Waals surface area contributed by atoms with Crippen LogP contribution in [-0.4, -0.2) is 22.5 Å². The molecule has 1 amide bonds. The van der Waals surface area contributed by atoms with Gasteiger partial charge in [0, 0.05) is 17.2 Å². The summed E-state index contributed by atoms with van der Waals surface area (Å²) in [6.45, 7) is 1.22. The smallest absolute Gasteiger partial charge is 0.287 e. The van der Waals surface area contributed by atoms with Crippen LogP contribution >= 0.6 is 11.6 Å². The second-order valence-electron chi connectivity index (χ2n) is 5.26. The molecule has 0 saturated carbocycles. The molecule has 0 unspecified atom stereocenters. The fourth-order valence-electron chi connectivity index (χ4n) is 2.19. The topological polar surface area (TPSA) is 127 Å². The van der Waals surface area contributed by atoms with Crippen molar-refractivity contribution in [3.05, 3.63) is 61.0 Å². The van der Waals surface area contributed by atoms with Crippen LogP contribution in [0.25, 0.3) is 0 Å². The molecule has 2 aromatic rings. The van der Waals surface area contributed by atoms with Gasteiger partial charge in [-0.1, -0.05) is 11.6 Å². The van der Waals surface area contributed by atoms with E-state index in [9.17, 15) is 19.7 Å². The van der Waals surface area contributed by atoms with Gasteiger partial charge in [-0.2, -0.15) is 5.26 Å². The Bertz CT molecular complexity index is 993. The van der Waals surface area contributed by atoms with Crippen molar-refractivity contribution in [2.45, 2.75) is 13.5 Å². The number of halogens is 1. The molecule has 0 aliphatic rings. The minimum Gasteiger partial charge on any atom is -0.495 e. The van der Waals surface area contributed by atoms with Gasteiger partial charge in [-0.05, 0) is 18.6 Å². The number of carbonyl (C=O) groups is 1. The summed E-state index contributed by atoms with van der Waals surface area (Å²) < 4.78 is 5.95. The Morgan fingerprint density at radius 1 is 1.46 bits per heavy atom. The molecule has 0 atom stereocenters. The average molecular weight is 377 g/mol. The monoisotopic (exact) mass is 376 g/mol. The highest BCUT2D eigenvalue weighted by atomic mass is 35.5. The third kappa shape index (κ3) is 3.99. The largest absolute Gasteiger partial charge is 0.495 e. The van der Waals surface area contributed by atoms with E-state index >= 15 is 0 Å². The zero-order valence-corrected chi connectivity index (χ0v) is 14.5. The number of nitrogens with one attached hydrogen (secondary N) is 1. The van der Waals surface area contributed by atoms with Crippen molar-refractivity contribution in [2.24, 2.45) is 0 Å². The van der Waals surface area contributed by atoms with Crippen molar-refractivity contribution in [3.63, 3.8) is 0 Å². The van der Waals surface area contributed by atoms with Gasteiger partial charge >= 0.3 is 0 Å². The second-order valence-corrected chi connectivity index (χ2v) is 5.67. The highest BCUT2D eigenvalue weighted by Gasteiger charge is 2.17. The maximum Gasteiger partial charge on any atom is 0.287 e. The van der Waals surface area contributed by atoms with Crippen molar-refractivity contribution < 1.29 is 14.5 Å². The van der Waals surface area contributed by atoms with Crippen LogP contribution in [0.15, 0.2) is 29.2 Å². The number of hydrogen-bond donors (Lipinski definition) is 1. The minimum absolute atomic E-state index is 0.318. The number of hydrogen-bond acceptors (Lipinski definition) is 6. The van der Waals surface area contributed by atoms with Gasteiger partial charge in [0.1, 0.15) is 23.9 Å². The molecule has 9 nitrogen and oxygen atoms in total. The maximum absolute atomic E-state index is 12.3. The summed E-state index contributed by atoms with van der Waals surface area (Å²) in [5.41, 5.74) is -0.659. The second kappa shape index (κ2) is 7.67. The zero-order chi connectivity index (χ0) is 19.4. The van der Waals surface area contributed by atoms with Crippen molar-refractivity contribution in [1.82, 2.24) is 4.57 Å². The zero-order valence-electron chi connectivity index (χ0n) is 13.8. The Labute approximate surface area is 152 Å². The van der Waals surface area contributed by atoms with Gasteiger partial charge in [0.15, 0.2) is 0 Å². The number of ether oxygens (including phenoxy) is 1. The summed E-state index contributed by atoms with van der Waals surface area (Å²) in [5, 5.41) is 22.8. The number of nitrogens with zero attached hydrogens (tertiary/aromatic N) is 3. The summed E-state index contributed by atoms with van der Waals surface area (Å²) in [5.74, 6) is -0.311. The third-order valence-corrected chi connectivity index (χ3v) is 3.88. The van der Waals surface area contributed by atoms with Crippen LogP contribution in [0.2, 0.25) is 5.02 Å². The van der Waals surface area contributed by atoms with Crippen LogP contribution in [0.5, 0.6) is 5.75 Å². The molecule has 0 aliphatic heterocycles. The maximum atomic E-state index is 12.3. The number of nitriles is 1. The first-order valence-electron chi connectivity index (χ1n) is 7.19. The lowest BCUT2D eigenvalue weighted by atomic mass is 10.2. The molecule has 0 bridgehead atoms. The molecule has 26 heavy (non-hydrogen) atoms. The highest BCUT2D eigenvalue weighted by Crippen LogP contribution is 2.30. The molecule has 2 rings (SSSR count). The number of rotatable bonds is 5. The number of aromatic nitrogens is 1. The number of pyridine rings is 1. The van der Waals surface area contributed by atoms with Crippen LogP contribution in [0.1, 0.15) is 11.1 Å². The predicted octanol–water partition coefficient (Wildman–Crippen LogP) is 2.24. The molecule has 1 heterocycles. The van der Waals surface area contributed by atoms with Gasteiger partial charge in [-0.15, -0.1) is 0 Å². The SMILES string of the molecule is COc1cc(Cl)c(C)cc1NC(=O)Cn1cc([N+](=O)[O-])cc(C#N)c1=O. The number of benzene rings is 1.